The molecular weight excluding hydrogens is 256 g/mol. The number of aliphatic hydroxyl groups is 1. The molecule has 0 bridgehead atoms. The summed E-state index contributed by atoms with van der Waals surface area (Å²) in [6.45, 7) is 7.54. The highest BCUT2D eigenvalue weighted by Crippen LogP contribution is 2.22. The number of hydrogen-bond acceptors (Lipinski definition) is 3. The number of hydrogen-bond donors (Lipinski definition) is 2. The summed E-state index contributed by atoms with van der Waals surface area (Å²) >= 11 is 0. The van der Waals surface area contributed by atoms with Gasteiger partial charge >= 0.3 is 0 Å². The van der Waals surface area contributed by atoms with E-state index in [4.69, 9.17) is 5.11 Å². The Kier molecular flexibility index (Phi) is 5.11. The van der Waals surface area contributed by atoms with Gasteiger partial charge in [0, 0.05) is 31.5 Å². The van der Waals surface area contributed by atoms with Gasteiger partial charge in [-0.05, 0) is 24.8 Å². The van der Waals surface area contributed by atoms with Crippen LogP contribution in [0.15, 0.2) is 12.3 Å². The van der Waals surface area contributed by atoms with Gasteiger partial charge in [0.05, 0.1) is 0 Å². The number of rotatable bonds is 5. The fraction of sp³-hybridized carbons (Fsp3) is 0.600. The molecule has 20 heavy (non-hydrogen) atoms. The van der Waals surface area contributed by atoms with Gasteiger partial charge in [-0.3, -0.25) is 9.59 Å². The fourth-order valence-corrected chi connectivity index (χ4v) is 2.07. The van der Waals surface area contributed by atoms with Gasteiger partial charge < -0.3 is 15.0 Å². The molecule has 0 aromatic carbocycles. The molecule has 1 rings (SSSR count). The Morgan fingerprint density at radius 3 is 2.40 bits per heavy atom. The zero-order valence-corrected chi connectivity index (χ0v) is 12.9. The molecule has 0 aliphatic carbocycles. The van der Waals surface area contributed by atoms with Gasteiger partial charge in [-0.15, -0.1) is 0 Å². The lowest BCUT2D eigenvalue weighted by Gasteiger charge is -2.31. The summed E-state index contributed by atoms with van der Waals surface area (Å²) in [5.41, 5.74) is 0.821. The first-order chi connectivity index (χ1) is 9.16. The second kappa shape index (κ2) is 6.22. The minimum absolute atomic E-state index is 0.0219. The third-order valence-electron chi connectivity index (χ3n) is 3.41. The van der Waals surface area contributed by atoms with Gasteiger partial charge in [0.1, 0.15) is 5.69 Å². The van der Waals surface area contributed by atoms with E-state index in [1.165, 1.54) is 6.92 Å². The molecule has 1 aromatic rings. The van der Waals surface area contributed by atoms with Crippen LogP contribution in [0.5, 0.6) is 0 Å². The third kappa shape index (κ3) is 3.93. The Bertz CT molecular complexity index is 498. The van der Waals surface area contributed by atoms with Crippen molar-refractivity contribution in [1.82, 2.24) is 9.88 Å². The highest BCUT2D eigenvalue weighted by Gasteiger charge is 2.27. The first-order valence-electron chi connectivity index (χ1n) is 6.76. The second-order valence-electron chi connectivity index (χ2n) is 6.19. The van der Waals surface area contributed by atoms with Crippen LogP contribution in [0, 0.1) is 5.41 Å². The summed E-state index contributed by atoms with van der Waals surface area (Å²) in [7, 11) is 1.74. The Hall–Kier alpha value is -1.62. The van der Waals surface area contributed by atoms with E-state index in [1.807, 2.05) is 20.8 Å². The van der Waals surface area contributed by atoms with Crippen molar-refractivity contribution in [2.45, 2.75) is 40.2 Å². The van der Waals surface area contributed by atoms with Crippen LogP contribution in [0.3, 0.4) is 0 Å². The van der Waals surface area contributed by atoms with Crippen LogP contribution in [0.4, 0.5) is 0 Å². The van der Waals surface area contributed by atoms with Crippen molar-refractivity contribution in [2.24, 2.45) is 12.5 Å². The number of amides is 1. The zero-order valence-electron chi connectivity index (χ0n) is 12.9. The van der Waals surface area contributed by atoms with Crippen LogP contribution >= 0.6 is 0 Å². The van der Waals surface area contributed by atoms with E-state index in [0.29, 0.717) is 17.7 Å². The largest absolute Gasteiger partial charge is 0.396 e. The van der Waals surface area contributed by atoms with Crippen molar-refractivity contribution in [3.63, 3.8) is 0 Å². The Labute approximate surface area is 120 Å². The number of carbonyl (C=O) groups is 2. The van der Waals surface area contributed by atoms with Gasteiger partial charge in [0.2, 0.25) is 0 Å². The number of aromatic nitrogens is 1. The van der Waals surface area contributed by atoms with Crippen LogP contribution in [0.1, 0.15) is 55.0 Å². The molecule has 2 N–H and O–H groups in total. The molecule has 0 fully saturated rings. The fourth-order valence-electron chi connectivity index (χ4n) is 2.07. The normalized spacial score (nSPS) is 13.1. The predicted octanol–water partition coefficient (Wildman–Crippen LogP) is 1.75. The molecule has 1 unspecified atom stereocenters. The lowest BCUT2D eigenvalue weighted by molar-refractivity contribution is 0.0876. The zero-order chi connectivity index (χ0) is 15.5. The minimum atomic E-state index is -0.228. The van der Waals surface area contributed by atoms with E-state index < -0.39 is 0 Å². The topological polar surface area (TPSA) is 71.3 Å². The molecule has 112 valence electrons. The van der Waals surface area contributed by atoms with Gasteiger partial charge in [-0.1, -0.05) is 20.8 Å². The Morgan fingerprint density at radius 2 is 2.00 bits per heavy atom. The number of aryl methyl sites for hydroxylation is 1. The maximum atomic E-state index is 12.3. The number of ketones is 1. The van der Waals surface area contributed by atoms with Crippen molar-refractivity contribution in [1.29, 1.82) is 0 Å². The second-order valence-corrected chi connectivity index (χ2v) is 6.19. The lowest BCUT2D eigenvalue weighted by atomic mass is 9.85. The molecule has 1 atom stereocenters. The van der Waals surface area contributed by atoms with Crippen molar-refractivity contribution >= 4 is 11.7 Å². The molecular formula is C15H24N2O3. The summed E-state index contributed by atoms with van der Waals surface area (Å²) in [4.78, 5) is 23.6. The maximum absolute atomic E-state index is 12.3. The van der Waals surface area contributed by atoms with Gasteiger partial charge in [0.25, 0.3) is 5.91 Å². The Morgan fingerprint density at radius 1 is 1.40 bits per heavy atom. The van der Waals surface area contributed by atoms with Gasteiger partial charge in [-0.2, -0.15) is 0 Å². The van der Waals surface area contributed by atoms with E-state index in [-0.39, 0.29) is 29.8 Å². The van der Waals surface area contributed by atoms with Crippen LogP contribution < -0.4 is 5.32 Å². The average molecular weight is 280 g/mol. The number of nitrogens with zero attached hydrogens (tertiary/aromatic N) is 1. The summed E-state index contributed by atoms with van der Waals surface area (Å²) in [6, 6.07) is 1.46. The van der Waals surface area contributed by atoms with E-state index in [9.17, 15) is 9.59 Å². The lowest BCUT2D eigenvalue weighted by Crippen LogP contribution is -2.44. The maximum Gasteiger partial charge on any atom is 0.268 e. The van der Waals surface area contributed by atoms with Crippen molar-refractivity contribution in [2.75, 3.05) is 6.61 Å². The molecule has 0 radical (unpaired) electrons. The molecule has 0 aliphatic heterocycles. The molecule has 1 amide bonds. The molecule has 0 saturated carbocycles. The molecule has 1 aromatic heterocycles. The highest BCUT2D eigenvalue weighted by molar-refractivity contribution is 5.99. The predicted molar refractivity (Wildman–Crippen MR) is 77.8 cm³/mol. The number of nitrogens with one attached hydrogen (secondary N) is 1. The Balaban J connectivity index is 2.92. The summed E-state index contributed by atoms with van der Waals surface area (Å²) in [5, 5.41) is 12.0. The molecule has 5 nitrogen and oxygen atoms in total. The quantitative estimate of drug-likeness (QED) is 0.807. The monoisotopic (exact) mass is 280 g/mol. The van der Waals surface area contributed by atoms with Crippen LogP contribution in [-0.4, -0.2) is 34.0 Å². The SMILES string of the molecule is CC(=O)c1cc(C(=O)NC(CCO)C(C)(C)C)n(C)c1. The summed E-state index contributed by atoms with van der Waals surface area (Å²) in [5.74, 6) is -0.296. The van der Waals surface area contributed by atoms with Crippen LogP contribution in [-0.2, 0) is 7.05 Å². The standard InChI is InChI=1S/C15H24N2O3/c1-10(19)11-8-12(17(5)9-11)14(20)16-13(6-7-18)15(2,3)4/h8-9,13,18H,6-7H2,1-5H3,(H,16,20). The summed E-state index contributed by atoms with van der Waals surface area (Å²) < 4.78 is 1.64. The van der Waals surface area contributed by atoms with E-state index >= 15 is 0 Å². The number of Topliss-reactive ketones (excluding diaryl/α,β-unsaturated/α-hetero) is 1. The van der Waals surface area contributed by atoms with E-state index in [2.05, 4.69) is 5.32 Å². The number of aliphatic hydroxyl groups excluding tert-OH is 1. The third-order valence-corrected chi connectivity index (χ3v) is 3.41. The molecule has 0 saturated heterocycles. The van der Waals surface area contributed by atoms with E-state index in [1.54, 1.807) is 23.9 Å². The molecule has 1 heterocycles. The van der Waals surface area contributed by atoms with Crippen LogP contribution in [0.25, 0.3) is 0 Å². The highest BCUT2D eigenvalue weighted by atomic mass is 16.3. The summed E-state index contributed by atoms with van der Waals surface area (Å²) in [6.07, 6.45) is 2.15. The van der Waals surface area contributed by atoms with Crippen molar-refractivity contribution in [3.05, 3.63) is 23.5 Å². The molecule has 0 spiro atoms. The smallest absolute Gasteiger partial charge is 0.268 e. The van der Waals surface area contributed by atoms with Gasteiger partial charge in [0.15, 0.2) is 5.78 Å². The molecule has 0 aliphatic rings. The van der Waals surface area contributed by atoms with Crippen molar-refractivity contribution in [3.8, 4) is 0 Å². The van der Waals surface area contributed by atoms with Crippen molar-refractivity contribution < 1.29 is 14.7 Å². The molecule has 5 heteroatoms. The first-order valence-corrected chi connectivity index (χ1v) is 6.76. The average Bonchev–Trinajstić information content (AvgIpc) is 2.69. The first kappa shape index (κ1) is 16.4. The number of carbonyl (C=O) groups excluding carboxylic acids is 2. The van der Waals surface area contributed by atoms with Gasteiger partial charge in [-0.25, -0.2) is 0 Å². The minimum Gasteiger partial charge on any atom is -0.396 e. The van der Waals surface area contributed by atoms with E-state index in [0.717, 1.165) is 0 Å². The van der Waals surface area contributed by atoms with Crippen LogP contribution in [0.2, 0.25) is 0 Å².